The second kappa shape index (κ2) is 5.94. The minimum absolute atomic E-state index is 0.0240. The zero-order chi connectivity index (χ0) is 9.52. The Bertz CT molecular complexity index is 156. The molecule has 13 heavy (non-hydrogen) atoms. The molecular formula is C9H18N2O2. The molecule has 4 heteroatoms. The number of amides is 1. The van der Waals surface area contributed by atoms with Crippen LogP contribution in [0.2, 0.25) is 0 Å². The summed E-state index contributed by atoms with van der Waals surface area (Å²) in [4.78, 5) is 11.2. The predicted octanol–water partition coefficient (Wildman–Crippen LogP) is 0.276. The van der Waals surface area contributed by atoms with Crippen LogP contribution in [0.15, 0.2) is 0 Å². The summed E-state index contributed by atoms with van der Waals surface area (Å²) in [6, 6.07) is 0. The van der Waals surface area contributed by atoms with E-state index in [0.29, 0.717) is 12.8 Å². The third-order valence-electron chi connectivity index (χ3n) is 2.20. The first-order valence-electron chi connectivity index (χ1n) is 4.98. The molecule has 4 nitrogen and oxygen atoms in total. The lowest BCUT2D eigenvalue weighted by molar-refractivity contribution is -0.126. The van der Waals surface area contributed by atoms with Gasteiger partial charge in [-0.15, -0.1) is 0 Å². The van der Waals surface area contributed by atoms with Crippen molar-refractivity contribution >= 4 is 5.91 Å². The normalized spacial score (nSPS) is 18.5. The summed E-state index contributed by atoms with van der Waals surface area (Å²) < 4.78 is 0. The maximum absolute atomic E-state index is 11.2. The molecule has 1 fully saturated rings. The Morgan fingerprint density at radius 2 is 2.00 bits per heavy atom. The first kappa shape index (κ1) is 10.5. The van der Waals surface area contributed by atoms with Crippen molar-refractivity contribution in [2.75, 3.05) is 19.7 Å². The van der Waals surface area contributed by atoms with Gasteiger partial charge in [-0.1, -0.05) is 6.42 Å². The molecule has 0 radical (unpaired) electrons. The standard InChI is InChI=1S/C9H18N2O2/c12-8-4-5-9(13)10-11-6-2-1-3-7-11/h12H,1-8H2,(H,10,13). The SMILES string of the molecule is O=C(CCCO)NN1CCCCC1. The number of hydrazine groups is 1. The number of nitrogens with zero attached hydrogens (tertiary/aromatic N) is 1. The van der Waals surface area contributed by atoms with Crippen molar-refractivity contribution in [2.45, 2.75) is 32.1 Å². The maximum atomic E-state index is 11.2. The summed E-state index contributed by atoms with van der Waals surface area (Å²) in [7, 11) is 0. The van der Waals surface area contributed by atoms with Crippen LogP contribution >= 0.6 is 0 Å². The van der Waals surface area contributed by atoms with Gasteiger partial charge in [0.25, 0.3) is 0 Å². The first-order valence-corrected chi connectivity index (χ1v) is 4.98. The van der Waals surface area contributed by atoms with E-state index in [1.807, 2.05) is 5.01 Å². The van der Waals surface area contributed by atoms with Gasteiger partial charge in [0, 0.05) is 26.1 Å². The summed E-state index contributed by atoms with van der Waals surface area (Å²) >= 11 is 0. The number of aliphatic hydroxyl groups excluding tert-OH is 1. The van der Waals surface area contributed by atoms with Gasteiger partial charge in [-0.25, -0.2) is 5.01 Å². The summed E-state index contributed by atoms with van der Waals surface area (Å²) in [5.74, 6) is 0.0240. The van der Waals surface area contributed by atoms with Crippen LogP contribution in [0, 0.1) is 0 Å². The number of hydrogen-bond acceptors (Lipinski definition) is 3. The molecule has 0 unspecified atom stereocenters. The average molecular weight is 186 g/mol. The number of carbonyl (C=O) groups excluding carboxylic acids is 1. The Morgan fingerprint density at radius 1 is 1.31 bits per heavy atom. The van der Waals surface area contributed by atoms with Gasteiger partial charge in [-0.3, -0.25) is 10.2 Å². The fourth-order valence-electron chi connectivity index (χ4n) is 1.48. The molecule has 2 N–H and O–H groups in total. The van der Waals surface area contributed by atoms with Gasteiger partial charge in [0.05, 0.1) is 0 Å². The van der Waals surface area contributed by atoms with E-state index in [1.165, 1.54) is 19.3 Å². The second-order valence-corrected chi connectivity index (χ2v) is 3.41. The van der Waals surface area contributed by atoms with Gasteiger partial charge in [-0.2, -0.15) is 0 Å². The van der Waals surface area contributed by atoms with Gasteiger partial charge >= 0.3 is 0 Å². The monoisotopic (exact) mass is 186 g/mol. The summed E-state index contributed by atoms with van der Waals surface area (Å²) in [6.45, 7) is 2.02. The molecule has 0 atom stereocenters. The van der Waals surface area contributed by atoms with Crippen LogP contribution in [0.4, 0.5) is 0 Å². The molecule has 0 aromatic carbocycles. The third kappa shape index (κ3) is 4.24. The number of piperidine rings is 1. The zero-order valence-electron chi connectivity index (χ0n) is 7.96. The second-order valence-electron chi connectivity index (χ2n) is 3.41. The Hall–Kier alpha value is -0.610. The number of carbonyl (C=O) groups is 1. The highest BCUT2D eigenvalue weighted by atomic mass is 16.3. The van der Waals surface area contributed by atoms with E-state index in [4.69, 9.17) is 5.11 Å². The summed E-state index contributed by atoms with van der Waals surface area (Å²) in [5, 5.41) is 10.5. The molecule has 0 spiro atoms. The molecule has 0 aromatic heterocycles. The van der Waals surface area contributed by atoms with Crippen molar-refractivity contribution in [1.29, 1.82) is 0 Å². The van der Waals surface area contributed by atoms with Crippen LogP contribution < -0.4 is 5.43 Å². The van der Waals surface area contributed by atoms with E-state index in [-0.39, 0.29) is 12.5 Å². The maximum Gasteiger partial charge on any atom is 0.234 e. The quantitative estimate of drug-likeness (QED) is 0.663. The van der Waals surface area contributed by atoms with Gasteiger partial charge < -0.3 is 5.11 Å². The van der Waals surface area contributed by atoms with E-state index in [0.717, 1.165) is 13.1 Å². The van der Waals surface area contributed by atoms with Crippen LogP contribution in [-0.2, 0) is 4.79 Å². The van der Waals surface area contributed by atoms with E-state index in [2.05, 4.69) is 5.43 Å². The topological polar surface area (TPSA) is 52.6 Å². The van der Waals surface area contributed by atoms with Crippen LogP contribution in [0.25, 0.3) is 0 Å². The lowest BCUT2D eigenvalue weighted by Gasteiger charge is -2.26. The van der Waals surface area contributed by atoms with Crippen LogP contribution in [0.1, 0.15) is 32.1 Å². The van der Waals surface area contributed by atoms with Crippen LogP contribution in [0.5, 0.6) is 0 Å². The Morgan fingerprint density at radius 3 is 2.62 bits per heavy atom. The predicted molar refractivity (Wildman–Crippen MR) is 49.9 cm³/mol. The minimum atomic E-state index is 0.0240. The Kier molecular flexibility index (Phi) is 4.78. The van der Waals surface area contributed by atoms with Gasteiger partial charge in [0.1, 0.15) is 0 Å². The Labute approximate surface area is 78.9 Å². The Balaban J connectivity index is 2.11. The average Bonchev–Trinajstić information content (AvgIpc) is 2.16. The summed E-state index contributed by atoms with van der Waals surface area (Å²) in [6.07, 6.45) is 4.58. The highest BCUT2D eigenvalue weighted by Gasteiger charge is 2.11. The third-order valence-corrected chi connectivity index (χ3v) is 2.20. The fraction of sp³-hybridized carbons (Fsp3) is 0.889. The van der Waals surface area contributed by atoms with E-state index < -0.39 is 0 Å². The van der Waals surface area contributed by atoms with Crippen LogP contribution in [-0.4, -0.2) is 35.7 Å². The lowest BCUT2D eigenvalue weighted by Crippen LogP contribution is -2.44. The van der Waals surface area contributed by atoms with E-state index >= 15 is 0 Å². The van der Waals surface area contributed by atoms with Crippen molar-refractivity contribution in [3.05, 3.63) is 0 Å². The molecule has 76 valence electrons. The van der Waals surface area contributed by atoms with Gasteiger partial charge in [0.15, 0.2) is 0 Å². The van der Waals surface area contributed by atoms with Gasteiger partial charge in [-0.05, 0) is 19.3 Å². The molecule has 0 aromatic rings. The number of rotatable bonds is 4. The number of hydrogen-bond donors (Lipinski definition) is 2. The molecule has 1 aliphatic rings. The van der Waals surface area contributed by atoms with E-state index in [9.17, 15) is 4.79 Å². The van der Waals surface area contributed by atoms with Crippen LogP contribution in [0.3, 0.4) is 0 Å². The summed E-state index contributed by atoms with van der Waals surface area (Å²) in [5.41, 5.74) is 2.84. The molecule has 1 heterocycles. The van der Waals surface area contributed by atoms with Crippen molar-refractivity contribution in [3.8, 4) is 0 Å². The van der Waals surface area contributed by atoms with Gasteiger partial charge in [0.2, 0.25) is 5.91 Å². The first-order chi connectivity index (χ1) is 6.33. The molecule has 0 bridgehead atoms. The molecule has 1 saturated heterocycles. The molecule has 1 amide bonds. The number of aliphatic hydroxyl groups is 1. The smallest absolute Gasteiger partial charge is 0.234 e. The van der Waals surface area contributed by atoms with Crippen molar-refractivity contribution < 1.29 is 9.90 Å². The largest absolute Gasteiger partial charge is 0.396 e. The molecule has 0 saturated carbocycles. The zero-order valence-corrected chi connectivity index (χ0v) is 7.96. The van der Waals surface area contributed by atoms with Crippen molar-refractivity contribution in [2.24, 2.45) is 0 Å². The lowest BCUT2D eigenvalue weighted by atomic mass is 10.2. The number of nitrogens with one attached hydrogen (secondary N) is 1. The van der Waals surface area contributed by atoms with E-state index in [1.54, 1.807) is 0 Å². The van der Waals surface area contributed by atoms with Crippen molar-refractivity contribution in [3.63, 3.8) is 0 Å². The molecule has 1 aliphatic heterocycles. The highest BCUT2D eigenvalue weighted by Crippen LogP contribution is 2.05. The fourth-order valence-corrected chi connectivity index (χ4v) is 1.48. The molecule has 0 aliphatic carbocycles. The molecule has 1 rings (SSSR count). The molecular weight excluding hydrogens is 168 g/mol. The minimum Gasteiger partial charge on any atom is -0.396 e. The highest BCUT2D eigenvalue weighted by molar-refractivity contribution is 5.75. The van der Waals surface area contributed by atoms with Crippen molar-refractivity contribution in [1.82, 2.24) is 10.4 Å².